The summed E-state index contributed by atoms with van der Waals surface area (Å²) in [5.74, 6) is 1.43. The lowest BCUT2D eigenvalue weighted by molar-refractivity contribution is 0.662. The van der Waals surface area contributed by atoms with E-state index >= 15 is 0 Å². The first kappa shape index (κ1) is 9.95. The van der Waals surface area contributed by atoms with Gasteiger partial charge < -0.3 is 4.98 Å². The molecule has 1 N–H and O–H groups in total. The largest absolute Gasteiger partial charge is 0.361 e. The van der Waals surface area contributed by atoms with Crippen molar-refractivity contribution in [1.82, 2.24) is 4.98 Å². The van der Waals surface area contributed by atoms with Crippen LogP contribution in [0.1, 0.15) is 55.7 Å². The van der Waals surface area contributed by atoms with E-state index in [0.717, 1.165) is 12.3 Å². The molecule has 16 heavy (non-hydrogen) atoms. The van der Waals surface area contributed by atoms with Crippen LogP contribution in [-0.4, -0.2) is 4.98 Å². The SMILES string of the molecule is CCc1cc2c(c3[nH]ccc13)[C@H](C)C[C@H]2C. The van der Waals surface area contributed by atoms with Gasteiger partial charge in [0.2, 0.25) is 0 Å². The van der Waals surface area contributed by atoms with E-state index < -0.39 is 0 Å². The molecule has 2 atom stereocenters. The van der Waals surface area contributed by atoms with Gasteiger partial charge in [0.1, 0.15) is 0 Å². The zero-order valence-electron chi connectivity index (χ0n) is 10.3. The average molecular weight is 213 g/mol. The lowest BCUT2D eigenvalue weighted by Crippen LogP contribution is -1.93. The molecule has 1 aliphatic carbocycles. The van der Waals surface area contributed by atoms with Crippen molar-refractivity contribution in [2.24, 2.45) is 0 Å². The number of hydrogen-bond donors (Lipinski definition) is 1. The summed E-state index contributed by atoms with van der Waals surface area (Å²) in [6.07, 6.45) is 4.51. The molecular weight excluding hydrogens is 194 g/mol. The molecule has 0 fully saturated rings. The van der Waals surface area contributed by atoms with Crippen molar-refractivity contribution in [2.75, 3.05) is 0 Å². The Morgan fingerprint density at radius 1 is 1.31 bits per heavy atom. The maximum absolute atomic E-state index is 3.45. The molecule has 0 radical (unpaired) electrons. The molecule has 1 nitrogen and oxygen atoms in total. The third-order valence-corrected chi connectivity index (χ3v) is 4.11. The van der Waals surface area contributed by atoms with E-state index in [2.05, 4.69) is 44.1 Å². The van der Waals surface area contributed by atoms with Crippen LogP contribution < -0.4 is 0 Å². The molecule has 0 saturated carbocycles. The lowest BCUT2D eigenvalue weighted by Gasteiger charge is -2.10. The van der Waals surface area contributed by atoms with E-state index in [1.165, 1.54) is 22.9 Å². The molecule has 1 heterocycles. The van der Waals surface area contributed by atoms with Crippen molar-refractivity contribution in [3.63, 3.8) is 0 Å². The Bertz CT molecular complexity index is 536. The van der Waals surface area contributed by atoms with Gasteiger partial charge in [-0.3, -0.25) is 0 Å². The molecule has 0 aliphatic heterocycles. The van der Waals surface area contributed by atoms with Crippen molar-refractivity contribution < 1.29 is 0 Å². The van der Waals surface area contributed by atoms with Crippen LogP contribution in [0.15, 0.2) is 18.3 Å². The Hall–Kier alpha value is -1.24. The molecule has 0 saturated heterocycles. The minimum absolute atomic E-state index is 0.706. The van der Waals surface area contributed by atoms with Crippen LogP contribution in [0.5, 0.6) is 0 Å². The van der Waals surface area contributed by atoms with Crippen LogP contribution in [0.25, 0.3) is 10.9 Å². The van der Waals surface area contributed by atoms with Crippen LogP contribution in [-0.2, 0) is 6.42 Å². The molecule has 1 aliphatic rings. The van der Waals surface area contributed by atoms with Gasteiger partial charge in [0, 0.05) is 17.1 Å². The topological polar surface area (TPSA) is 15.8 Å². The smallest absolute Gasteiger partial charge is 0.0494 e. The Kier molecular flexibility index (Phi) is 2.10. The molecule has 84 valence electrons. The molecule has 1 aromatic heterocycles. The van der Waals surface area contributed by atoms with Crippen molar-refractivity contribution in [1.29, 1.82) is 0 Å². The summed E-state index contributed by atoms with van der Waals surface area (Å²) in [4.78, 5) is 3.45. The van der Waals surface area contributed by atoms with Gasteiger partial charge in [0.15, 0.2) is 0 Å². The van der Waals surface area contributed by atoms with Crippen LogP contribution in [0.3, 0.4) is 0 Å². The summed E-state index contributed by atoms with van der Waals surface area (Å²) in [6.45, 7) is 6.96. The third kappa shape index (κ3) is 1.17. The predicted octanol–water partition coefficient (Wildman–Crippen LogP) is 4.34. The van der Waals surface area contributed by atoms with Crippen molar-refractivity contribution in [3.05, 3.63) is 35.0 Å². The molecule has 1 aromatic carbocycles. The minimum atomic E-state index is 0.706. The van der Waals surface area contributed by atoms with Crippen molar-refractivity contribution in [2.45, 2.75) is 45.4 Å². The van der Waals surface area contributed by atoms with Crippen molar-refractivity contribution >= 4 is 10.9 Å². The maximum atomic E-state index is 3.45. The summed E-state index contributed by atoms with van der Waals surface area (Å²) < 4.78 is 0. The number of H-pyrrole nitrogens is 1. The molecule has 0 spiro atoms. The fourth-order valence-corrected chi connectivity index (χ4v) is 3.35. The average Bonchev–Trinajstić information content (AvgIpc) is 2.83. The van der Waals surface area contributed by atoms with Gasteiger partial charge >= 0.3 is 0 Å². The van der Waals surface area contributed by atoms with Gasteiger partial charge in [-0.25, -0.2) is 0 Å². The summed E-state index contributed by atoms with van der Waals surface area (Å²) in [7, 11) is 0. The highest BCUT2D eigenvalue weighted by atomic mass is 14.7. The second-order valence-electron chi connectivity index (χ2n) is 5.20. The van der Waals surface area contributed by atoms with E-state index in [1.54, 1.807) is 11.1 Å². The first-order valence-electron chi connectivity index (χ1n) is 6.35. The molecule has 0 bridgehead atoms. The van der Waals surface area contributed by atoms with Gasteiger partial charge in [-0.05, 0) is 47.4 Å². The van der Waals surface area contributed by atoms with Gasteiger partial charge in [0.05, 0.1) is 0 Å². The van der Waals surface area contributed by atoms with E-state index in [0.29, 0.717) is 5.92 Å². The summed E-state index contributed by atoms with van der Waals surface area (Å²) in [5, 5.41) is 1.43. The molecular formula is C15H19N. The normalized spacial score (nSPS) is 23.9. The number of hydrogen-bond acceptors (Lipinski definition) is 0. The van der Waals surface area contributed by atoms with Gasteiger partial charge in [0.25, 0.3) is 0 Å². The second-order valence-corrected chi connectivity index (χ2v) is 5.20. The molecule has 1 heteroatoms. The second kappa shape index (κ2) is 3.38. The molecule has 3 rings (SSSR count). The highest BCUT2D eigenvalue weighted by Crippen LogP contribution is 2.45. The summed E-state index contributed by atoms with van der Waals surface area (Å²) >= 11 is 0. The van der Waals surface area contributed by atoms with E-state index in [-0.39, 0.29) is 0 Å². The van der Waals surface area contributed by atoms with E-state index in [4.69, 9.17) is 0 Å². The monoisotopic (exact) mass is 213 g/mol. The van der Waals surface area contributed by atoms with Crippen LogP contribution in [0.4, 0.5) is 0 Å². The summed E-state index contributed by atoms with van der Waals surface area (Å²) in [5.41, 5.74) is 6.05. The highest BCUT2D eigenvalue weighted by Gasteiger charge is 2.28. The van der Waals surface area contributed by atoms with Crippen LogP contribution in [0.2, 0.25) is 0 Å². The number of aromatic nitrogens is 1. The van der Waals surface area contributed by atoms with Gasteiger partial charge in [-0.2, -0.15) is 0 Å². The standard InChI is InChI=1S/C15H19N/c1-4-11-8-13-9(2)7-10(3)14(13)15-12(11)5-6-16-15/h5-6,8-10,16H,4,7H2,1-3H3/t9-,10-/m1/s1. The quantitative estimate of drug-likeness (QED) is 0.725. The van der Waals surface area contributed by atoms with E-state index in [9.17, 15) is 0 Å². The zero-order chi connectivity index (χ0) is 11.3. The van der Waals surface area contributed by atoms with Gasteiger partial charge in [-0.1, -0.05) is 26.8 Å². The van der Waals surface area contributed by atoms with Crippen LogP contribution >= 0.6 is 0 Å². The number of nitrogens with one attached hydrogen (secondary N) is 1. The Morgan fingerprint density at radius 3 is 2.88 bits per heavy atom. The first-order valence-corrected chi connectivity index (χ1v) is 6.35. The molecule has 0 amide bonds. The fraction of sp³-hybridized carbons (Fsp3) is 0.467. The van der Waals surface area contributed by atoms with E-state index in [1.807, 2.05) is 0 Å². The summed E-state index contributed by atoms with van der Waals surface area (Å²) in [6, 6.07) is 4.67. The Morgan fingerprint density at radius 2 is 2.12 bits per heavy atom. The maximum Gasteiger partial charge on any atom is 0.0494 e. The molecule has 0 unspecified atom stereocenters. The number of benzene rings is 1. The Balaban J connectivity index is 2.39. The van der Waals surface area contributed by atoms with Gasteiger partial charge in [-0.15, -0.1) is 0 Å². The number of fused-ring (bicyclic) bond motifs is 3. The number of aryl methyl sites for hydroxylation is 1. The van der Waals surface area contributed by atoms with Crippen molar-refractivity contribution in [3.8, 4) is 0 Å². The minimum Gasteiger partial charge on any atom is -0.361 e. The zero-order valence-corrected chi connectivity index (χ0v) is 10.3. The first-order chi connectivity index (χ1) is 7.72. The Labute approximate surface area is 96.9 Å². The molecule has 2 aromatic rings. The highest BCUT2D eigenvalue weighted by molar-refractivity contribution is 5.88. The fourth-order valence-electron chi connectivity index (χ4n) is 3.35. The van der Waals surface area contributed by atoms with Crippen LogP contribution in [0, 0.1) is 0 Å². The third-order valence-electron chi connectivity index (χ3n) is 4.11. The number of aromatic amines is 1. The number of rotatable bonds is 1. The predicted molar refractivity (Wildman–Crippen MR) is 69.1 cm³/mol. The lowest BCUT2D eigenvalue weighted by atomic mass is 9.95.